The third-order valence-electron chi connectivity index (χ3n) is 1.76. The topological polar surface area (TPSA) is 33.1 Å². The van der Waals surface area contributed by atoms with Crippen molar-refractivity contribution in [1.29, 1.82) is 5.41 Å². The first-order valence-corrected chi connectivity index (χ1v) is 5.73. The molecule has 6 heteroatoms. The van der Waals surface area contributed by atoms with Crippen molar-refractivity contribution in [3.63, 3.8) is 0 Å². The van der Waals surface area contributed by atoms with Crippen LogP contribution in [-0.2, 0) is 4.74 Å². The van der Waals surface area contributed by atoms with Gasteiger partial charge >= 0.3 is 0 Å². The molecular formula is C11H9Cl3FNO. The van der Waals surface area contributed by atoms with Gasteiger partial charge in [0.1, 0.15) is 12.4 Å². The summed E-state index contributed by atoms with van der Waals surface area (Å²) in [6.45, 7) is 0.101. The molecule has 0 fully saturated rings. The fourth-order valence-electron chi connectivity index (χ4n) is 0.971. The highest BCUT2D eigenvalue weighted by Crippen LogP contribution is 2.27. The Balaban J connectivity index is 2.41. The number of nitrogens with one attached hydrogen (secondary N) is 1. The van der Waals surface area contributed by atoms with Crippen molar-refractivity contribution in [1.82, 2.24) is 0 Å². The van der Waals surface area contributed by atoms with Gasteiger partial charge in [-0.2, -0.15) is 0 Å². The summed E-state index contributed by atoms with van der Waals surface area (Å²) < 4.78 is 15.6. The molecule has 1 aromatic rings. The summed E-state index contributed by atoms with van der Waals surface area (Å²) in [4.78, 5) is 0. The Kier molecular flexibility index (Phi) is 5.25. The Bertz CT molecular complexity index is 412. The second-order valence-electron chi connectivity index (χ2n) is 3.09. The van der Waals surface area contributed by atoms with Gasteiger partial charge in [-0.05, 0) is 23.8 Å². The lowest BCUT2D eigenvalue weighted by Crippen LogP contribution is -2.21. The molecular weight excluding hydrogens is 287 g/mol. The summed E-state index contributed by atoms with van der Waals surface area (Å²) in [6.07, 6.45) is 3.35. The minimum absolute atomic E-state index is 0.101. The van der Waals surface area contributed by atoms with Crippen LogP contribution in [0.5, 0.6) is 0 Å². The molecule has 92 valence electrons. The summed E-state index contributed by atoms with van der Waals surface area (Å²) in [5.74, 6) is -0.734. The summed E-state index contributed by atoms with van der Waals surface area (Å²) in [5.41, 5.74) is 0.815. The second kappa shape index (κ2) is 6.24. The normalized spacial score (nSPS) is 11.8. The zero-order chi connectivity index (χ0) is 12.9. The van der Waals surface area contributed by atoms with E-state index in [0.717, 1.165) is 5.56 Å². The molecule has 0 spiro atoms. The quantitative estimate of drug-likeness (QED) is 0.506. The monoisotopic (exact) mass is 295 g/mol. The molecule has 0 bridgehead atoms. The zero-order valence-electron chi connectivity index (χ0n) is 8.59. The lowest BCUT2D eigenvalue weighted by atomic mass is 10.2. The van der Waals surface area contributed by atoms with Crippen LogP contribution in [-0.4, -0.2) is 16.3 Å². The lowest BCUT2D eigenvalue weighted by Gasteiger charge is -2.11. The average molecular weight is 297 g/mol. The first kappa shape index (κ1) is 14.3. The van der Waals surface area contributed by atoms with Gasteiger partial charge in [-0.25, -0.2) is 4.39 Å². The maximum absolute atomic E-state index is 12.6. The SMILES string of the molecule is N=C(OCC=Cc1ccc(F)cc1)C(Cl)(Cl)Cl. The van der Waals surface area contributed by atoms with E-state index in [1.54, 1.807) is 24.3 Å². The van der Waals surface area contributed by atoms with Crippen molar-refractivity contribution in [2.45, 2.75) is 3.79 Å². The first-order chi connectivity index (χ1) is 7.89. The highest BCUT2D eigenvalue weighted by Gasteiger charge is 2.28. The van der Waals surface area contributed by atoms with Crippen molar-refractivity contribution in [2.24, 2.45) is 0 Å². The molecule has 0 aliphatic rings. The second-order valence-corrected chi connectivity index (χ2v) is 5.37. The minimum Gasteiger partial charge on any atom is -0.474 e. The third-order valence-corrected chi connectivity index (χ3v) is 2.28. The molecule has 1 N–H and O–H groups in total. The fraction of sp³-hybridized carbons (Fsp3) is 0.182. The number of rotatable bonds is 3. The van der Waals surface area contributed by atoms with Crippen molar-refractivity contribution in [3.8, 4) is 0 Å². The van der Waals surface area contributed by atoms with E-state index in [-0.39, 0.29) is 12.4 Å². The van der Waals surface area contributed by atoms with E-state index < -0.39 is 9.69 Å². The maximum atomic E-state index is 12.6. The van der Waals surface area contributed by atoms with Crippen LogP contribution in [0.4, 0.5) is 4.39 Å². The predicted molar refractivity (Wildman–Crippen MR) is 69.4 cm³/mol. The molecule has 0 unspecified atom stereocenters. The van der Waals surface area contributed by atoms with E-state index in [9.17, 15) is 4.39 Å². The number of hydrogen-bond donors (Lipinski definition) is 1. The van der Waals surface area contributed by atoms with Crippen LogP contribution < -0.4 is 0 Å². The Morgan fingerprint density at radius 2 is 1.88 bits per heavy atom. The molecule has 0 radical (unpaired) electrons. The molecule has 0 saturated heterocycles. The van der Waals surface area contributed by atoms with Crippen LogP contribution in [0.25, 0.3) is 6.08 Å². The molecule has 1 aromatic carbocycles. The summed E-state index contributed by atoms with van der Waals surface area (Å²) in [6, 6.07) is 5.94. The van der Waals surface area contributed by atoms with Gasteiger partial charge in [-0.1, -0.05) is 53.0 Å². The molecule has 0 aliphatic carbocycles. The number of hydrogen-bond acceptors (Lipinski definition) is 2. The van der Waals surface area contributed by atoms with Crippen molar-refractivity contribution in [3.05, 3.63) is 41.7 Å². The van der Waals surface area contributed by atoms with Gasteiger partial charge in [-0.15, -0.1) is 0 Å². The van der Waals surface area contributed by atoms with Gasteiger partial charge in [0.25, 0.3) is 3.79 Å². The number of ether oxygens (including phenoxy) is 1. The van der Waals surface area contributed by atoms with Crippen LogP contribution >= 0.6 is 34.8 Å². The minimum atomic E-state index is -1.84. The van der Waals surface area contributed by atoms with Gasteiger partial charge in [0.05, 0.1) is 0 Å². The molecule has 0 amide bonds. The summed E-state index contributed by atoms with van der Waals surface area (Å²) in [7, 11) is 0. The summed E-state index contributed by atoms with van der Waals surface area (Å²) in [5, 5.41) is 7.25. The Labute approximate surface area is 113 Å². The van der Waals surface area contributed by atoms with Gasteiger partial charge in [0, 0.05) is 0 Å². The number of alkyl halides is 3. The van der Waals surface area contributed by atoms with E-state index in [2.05, 4.69) is 0 Å². The molecule has 0 heterocycles. The van der Waals surface area contributed by atoms with Crippen molar-refractivity contribution in [2.75, 3.05) is 6.61 Å². The van der Waals surface area contributed by atoms with Crippen LogP contribution in [0.15, 0.2) is 30.3 Å². The van der Waals surface area contributed by atoms with Crippen LogP contribution in [0, 0.1) is 11.2 Å². The Hall–Kier alpha value is -0.770. The number of benzene rings is 1. The third kappa shape index (κ3) is 5.39. The molecule has 0 aliphatic heterocycles. The van der Waals surface area contributed by atoms with Crippen molar-refractivity contribution >= 4 is 46.8 Å². The van der Waals surface area contributed by atoms with Gasteiger partial charge in [-0.3, -0.25) is 5.41 Å². The average Bonchev–Trinajstić information content (AvgIpc) is 2.25. The highest BCUT2D eigenvalue weighted by atomic mass is 35.6. The number of halogens is 4. The van der Waals surface area contributed by atoms with Gasteiger partial charge < -0.3 is 4.74 Å². The van der Waals surface area contributed by atoms with Crippen LogP contribution in [0.1, 0.15) is 5.56 Å². The first-order valence-electron chi connectivity index (χ1n) is 4.60. The molecule has 0 atom stereocenters. The molecule has 0 aromatic heterocycles. The van der Waals surface area contributed by atoms with Crippen LogP contribution in [0.2, 0.25) is 0 Å². The Morgan fingerprint density at radius 3 is 2.41 bits per heavy atom. The fourth-order valence-corrected chi connectivity index (χ4v) is 1.14. The molecule has 17 heavy (non-hydrogen) atoms. The molecule has 0 saturated carbocycles. The van der Waals surface area contributed by atoms with Gasteiger partial charge in [0.15, 0.2) is 0 Å². The zero-order valence-corrected chi connectivity index (χ0v) is 10.9. The molecule has 2 nitrogen and oxygen atoms in total. The van der Waals surface area contributed by atoms with E-state index in [0.29, 0.717) is 0 Å². The summed E-state index contributed by atoms with van der Waals surface area (Å²) >= 11 is 16.2. The van der Waals surface area contributed by atoms with E-state index in [1.165, 1.54) is 12.1 Å². The highest BCUT2D eigenvalue weighted by molar-refractivity contribution is 6.76. The molecule has 1 rings (SSSR count). The largest absolute Gasteiger partial charge is 0.474 e. The Morgan fingerprint density at radius 1 is 1.29 bits per heavy atom. The van der Waals surface area contributed by atoms with Crippen molar-refractivity contribution < 1.29 is 9.13 Å². The predicted octanol–water partition coefficient (Wildman–Crippen LogP) is 4.20. The standard InChI is InChI=1S/C11H9Cl3FNO/c12-11(13,14)10(16)17-7-1-2-8-3-5-9(15)6-4-8/h1-6,16H,7H2. The van der Waals surface area contributed by atoms with E-state index in [1.807, 2.05) is 0 Å². The van der Waals surface area contributed by atoms with E-state index in [4.69, 9.17) is 44.9 Å². The maximum Gasteiger partial charge on any atom is 0.265 e. The smallest absolute Gasteiger partial charge is 0.265 e. The van der Waals surface area contributed by atoms with E-state index >= 15 is 0 Å². The van der Waals surface area contributed by atoms with Gasteiger partial charge in [0.2, 0.25) is 5.90 Å². The lowest BCUT2D eigenvalue weighted by molar-refractivity contribution is 0.341. The van der Waals surface area contributed by atoms with Crippen LogP contribution in [0.3, 0.4) is 0 Å².